The third-order valence-electron chi connectivity index (χ3n) is 4.52. The maximum absolute atomic E-state index is 12.7. The number of halogens is 6. The van der Waals surface area contributed by atoms with Crippen molar-refractivity contribution in [3.05, 3.63) is 60.2 Å². The van der Waals surface area contributed by atoms with E-state index in [2.05, 4.69) is 47.8 Å². The van der Waals surface area contributed by atoms with Gasteiger partial charge in [-0.2, -0.15) is 0 Å². The van der Waals surface area contributed by atoms with Gasteiger partial charge >= 0.3 is 0 Å². The molecule has 0 spiro atoms. The molecule has 2 aromatic carbocycles. The molecule has 0 radical (unpaired) electrons. The molecule has 0 fully saturated rings. The summed E-state index contributed by atoms with van der Waals surface area (Å²) in [7, 11) is 0. The average Bonchev–Trinajstić information content (AvgIpc) is 2.81. The van der Waals surface area contributed by atoms with E-state index in [-0.39, 0.29) is 29.1 Å². The Balaban J connectivity index is 0.000000340. The van der Waals surface area contributed by atoms with Crippen LogP contribution in [0.1, 0.15) is 27.7 Å². The first kappa shape index (κ1) is 31.0. The van der Waals surface area contributed by atoms with Crippen molar-refractivity contribution in [1.82, 2.24) is 0 Å². The van der Waals surface area contributed by atoms with Crippen molar-refractivity contribution in [2.24, 2.45) is 10.8 Å². The lowest BCUT2D eigenvalue weighted by Gasteiger charge is -2.23. The Morgan fingerprint density at radius 1 is 0.794 bits per heavy atom. The first-order valence-corrected chi connectivity index (χ1v) is 13.6. The highest BCUT2D eigenvalue weighted by Crippen LogP contribution is 2.27. The lowest BCUT2D eigenvalue weighted by molar-refractivity contribution is -0.129. The summed E-state index contributed by atoms with van der Waals surface area (Å²) in [5.74, 6) is 0.168. The zero-order chi connectivity index (χ0) is 26.1. The van der Waals surface area contributed by atoms with E-state index >= 15 is 0 Å². The number of ketones is 2. The van der Waals surface area contributed by atoms with Gasteiger partial charge in [-0.1, -0.05) is 43.6 Å². The van der Waals surface area contributed by atoms with Gasteiger partial charge in [0.2, 0.25) is 10.0 Å². The lowest BCUT2D eigenvalue weighted by Crippen LogP contribution is -2.35. The summed E-state index contributed by atoms with van der Waals surface area (Å²) in [4.78, 5) is 23.9. The molecular weight excluding hydrogens is 665 g/mol. The summed E-state index contributed by atoms with van der Waals surface area (Å²) in [5, 5.41) is -0.976. The highest BCUT2D eigenvalue weighted by atomic mass is 79.9. The van der Waals surface area contributed by atoms with Crippen molar-refractivity contribution in [3.63, 3.8) is 0 Å². The van der Waals surface area contributed by atoms with Crippen molar-refractivity contribution in [3.8, 4) is 11.5 Å². The lowest BCUT2D eigenvalue weighted by atomic mass is 9.91. The Morgan fingerprint density at radius 2 is 1.12 bits per heavy atom. The van der Waals surface area contributed by atoms with Crippen molar-refractivity contribution in [2.45, 2.75) is 37.7 Å². The van der Waals surface area contributed by atoms with Gasteiger partial charge < -0.3 is 9.47 Å². The zero-order valence-electron chi connectivity index (χ0n) is 19.1. The fraction of sp³-hybridized carbons (Fsp3) is 0.417. The molecule has 4 nitrogen and oxygen atoms in total. The minimum Gasteiger partial charge on any atom is -0.471 e. The van der Waals surface area contributed by atoms with E-state index in [0.29, 0.717) is 16.8 Å². The van der Waals surface area contributed by atoms with Gasteiger partial charge in [-0.15, -0.1) is 11.6 Å². The number of hydrogen-bond acceptors (Lipinski definition) is 4. The van der Waals surface area contributed by atoms with E-state index in [1.54, 1.807) is 13.8 Å². The van der Waals surface area contributed by atoms with Crippen LogP contribution < -0.4 is 9.47 Å². The maximum atomic E-state index is 12.7. The summed E-state index contributed by atoms with van der Waals surface area (Å²) in [6.45, 7) is 7.13. The van der Waals surface area contributed by atoms with Gasteiger partial charge in [0.05, 0.1) is 0 Å². The van der Waals surface area contributed by atoms with E-state index in [9.17, 15) is 18.4 Å². The van der Waals surface area contributed by atoms with Gasteiger partial charge in [0.1, 0.15) is 23.1 Å². The number of rotatable bonds is 10. The molecule has 0 aliphatic rings. The molecule has 34 heavy (non-hydrogen) atoms. The molecular formula is C24H26Br3ClF2O4. The normalized spacial score (nSPS) is 13.2. The van der Waals surface area contributed by atoms with Crippen LogP contribution in [0.2, 0.25) is 0 Å². The van der Waals surface area contributed by atoms with Crippen LogP contribution >= 0.6 is 59.4 Å². The molecule has 10 heteroatoms. The van der Waals surface area contributed by atoms with Gasteiger partial charge in [0, 0.05) is 22.0 Å². The van der Waals surface area contributed by atoms with Crippen LogP contribution in [0.25, 0.3) is 0 Å². The summed E-state index contributed by atoms with van der Waals surface area (Å²) in [6, 6.07) is 11.0. The molecule has 0 aliphatic carbocycles. The van der Waals surface area contributed by atoms with Gasteiger partial charge in [0.15, 0.2) is 11.6 Å². The summed E-state index contributed by atoms with van der Waals surface area (Å²) < 4.78 is 36.1. The fourth-order valence-electron chi connectivity index (χ4n) is 2.12. The Hall–Kier alpha value is -1.03. The number of hydrogen-bond donors (Lipinski definition) is 0. The molecule has 2 unspecified atom stereocenters. The second kappa shape index (κ2) is 13.9. The molecule has 188 valence electrons. The van der Waals surface area contributed by atoms with Crippen LogP contribution in [-0.2, 0) is 9.59 Å². The predicted molar refractivity (Wildman–Crippen MR) is 142 cm³/mol. The third kappa shape index (κ3) is 9.91. The molecule has 0 aromatic heterocycles. The van der Waals surface area contributed by atoms with Crippen LogP contribution in [0.5, 0.6) is 11.5 Å². The monoisotopic (exact) mass is 688 g/mol. The number of Topliss-reactive ketones (excluding diaryl/α,β-unsaturated/α-hetero) is 2. The van der Waals surface area contributed by atoms with Crippen LogP contribution in [0.15, 0.2) is 48.5 Å². The molecule has 0 heterocycles. The second-order valence-corrected chi connectivity index (χ2v) is 11.0. The quantitative estimate of drug-likeness (QED) is 0.240. The Morgan fingerprint density at radius 3 is 1.41 bits per heavy atom. The molecule has 2 aromatic rings. The number of ether oxygens (including phenoxy) is 2. The van der Waals surface area contributed by atoms with Crippen molar-refractivity contribution < 1.29 is 27.8 Å². The van der Waals surface area contributed by atoms with Crippen LogP contribution in [-0.4, -0.2) is 32.8 Å². The van der Waals surface area contributed by atoms with E-state index in [1.807, 2.05) is 13.8 Å². The smallest absolute Gasteiger partial charge is 0.211 e. The first-order valence-electron chi connectivity index (χ1n) is 10.1. The largest absolute Gasteiger partial charge is 0.471 e. The van der Waals surface area contributed by atoms with Crippen LogP contribution in [0, 0.1) is 22.5 Å². The Kier molecular flexibility index (Phi) is 12.7. The molecule has 0 saturated carbocycles. The van der Waals surface area contributed by atoms with E-state index in [4.69, 9.17) is 21.1 Å². The average molecular weight is 692 g/mol. The van der Waals surface area contributed by atoms with Gasteiger partial charge in [-0.05, 0) is 80.4 Å². The highest BCUT2D eigenvalue weighted by Gasteiger charge is 2.33. The van der Waals surface area contributed by atoms with E-state index in [1.165, 1.54) is 48.5 Å². The summed E-state index contributed by atoms with van der Waals surface area (Å²) in [6.07, 6.45) is 0. The SMILES string of the molecule is CC(C)(CBr)C(=O)C(Br)Oc1ccc(F)cc1.CC(C)(CCl)C(=O)C(Br)Oc1ccc(F)cc1. The number of carbonyl (C=O) groups excluding carboxylic acids is 2. The van der Waals surface area contributed by atoms with Crippen molar-refractivity contribution >= 4 is 71.0 Å². The topological polar surface area (TPSA) is 52.6 Å². The zero-order valence-corrected chi connectivity index (χ0v) is 24.6. The molecule has 0 aliphatic heterocycles. The summed E-state index contributed by atoms with van der Waals surface area (Å²) >= 11 is 15.3. The Labute approximate surface area is 229 Å². The summed E-state index contributed by atoms with van der Waals surface area (Å²) in [5.41, 5.74) is -1.19. The number of alkyl halides is 4. The van der Waals surface area contributed by atoms with Gasteiger partial charge in [-0.3, -0.25) is 9.59 Å². The molecule has 2 rings (SSSR count). The third-order valence-corrected chi connectivity index (χ3v) is 7.80. The molecule has 0 amide bonds. The minimum atomic E-state index is -0.790. The van der Waals surface area contributed by atoms with Crippen LogP contribution in [0.3, 0.4) is 0 Å². The van der Waals surface area contributed by atoms with E-state index in [0.717, 1.165) is 0 Å². The molecule has 0 N–H and O–H groups in total. The van der Waals surface area contributed by atoms with Gasteiger partial charge in [0.25, 0.3) is 0 Å². The molecule has 2 atom stereocenters. The first-order chi connectivity index (χ1) is 15.7. The van der Waals surface area contributed by atoms with Crippen LogP contribution in [0.4, 0.5) is 8.78 Å². The van der Waals surface area contributed by atoms with Crippen molar-refractivity contribution in [1.29, 1.82) is 0 Å². The molecule has 0 bridgehead atoms. The highest BCUT2D eigenvalue weighted by molar-refractivity contribution is 9.10. The molecule has 0 saturated heterocycles. The second-order valence-electron chi connectivity index (χ2n) is 8.54. The minimum absolute atomic E-state index is 0.0706. The number of benzene rings is 2. The van der Waals surface area contributed by atoms with E-state index < -0.39 is 20.9 Å². The Bertz CT molecular complexity index is 861. The predicted octanol–water partition coefficient (Wildman–Crippen LogP) is 7.68. The number of carbonyl (C=O) groups is 2. The van der Waals surface area contributed by atoms with Gasteiger partial charge in [-0.25, -0.2) is 8.78 Å². The standard InChI is InChI=1S/C12H13Br2FO2.C12H13BrClFO2/c1-12(2,7-13)10(16)11(14)17-9-5-3-8(15)4-6-9;1-12(2,7-14)10(16)11(13)17-9-5-3-8(15)4-6-9/h2*3-6,11H,7H2,1-2H3. The fourth-order valence-corrected chi connectivity index (χ4v) is 4.20. The van der Waals surface area contributed by atoms with Crippen molar-refractivity contribution in [2.75, 3.05) is 11.2 Å². The maximum Gasteiger partial charge on any atom is 0.211 e.